The molecule has 0 aliphatic rings. The summed E-state index contributed by atoms with van der Waals surface area (Å²) in [6.07, 6.45) is 0.636. The molecule has 1 atom stereocenters. The Morgan fingerprint density at radius 2 is 2.00 bits per heavy atom. The highest BCUT2D eigenvalue weighted by Gasteiger charge is 2.35. The van der Waals surface area contributed by atoms with Gasteiger partial charge in [0, 0.05) is 23.8 Å². The van der Waals surface area contributed by atoms with Gasteiger partial charge in [-0.25, -0.2) is 8.42 Å². The molecule has 0 saturated heterocycles. The summed E-state index contributed by atoms with van der Waals surface area (Å²) in [6, 6.07) is -0.139. The molecular formula is C10H18ClN3O3S. The second-order valence-corrected chi connectivity index (χ2v) is 6.96. The fourth-order valence-corrected chi connectivity index (χ4v) is 2.65. The Labute approximate surface area is 112 Å². The Balaban J connectivity index is 3.54. The maximum Gasteiger partial charge on any atom is 0.296 e. The van der Waals surface area contributed by atoms with Crippen LogP contribution in [0.2, 0.25) is 0 Å². The number of nitrogens with zero attached hydrogens (tertiary/aromatic N) is 3. The van der Waals surface area contributed by atoms with Gasteiger partial charge in [-0.1, -0.05) is 6.92 Å². The average Bonchev–Trinajstić information content (AvgIpc) is 2.72. The molecule has 1 aromatic heterocycles. The van der Waals surface area contributed by atoms with Crippen LogP contribution in [0.15, 0.2) is 5.16 Å². The number of hydrogen-bond acceptors (Lipinski definition) is 5. The number of aromatic nitrogens is 3. The Morgan fingerprint density at radius 3 is 2.33 bits per heavy atom. The standard InChI is InChI=1S/C10H18ClN3O3S/c1-6-10(4,17-5)8-12-13-9(18(11,15)16)14(8)7(2)3/h7H,6H2,1-5H3. The third kappa shape index (κ3) is 2.67. The van der Waals surface area contributed by atoms with Crippen LogP contribution in [-0.4, -0.2) is 30.3 Å². The molecule has 0 amide bonds. The second kappa shape index (κ2) is 5.14. The second-order valence-electron chi connectivity index (χ2n) is 4.50. The smallest absolute Gasteiger partial charge is 0.296 e. The molecule has 0 radical (unpaired) electrons. The molecule has 1 aromatic rings. The fourth-order valence-electron chi connectivity index (χ4n) is 1.66. The average molecular weight is 296 g/mol. The Kier molecular flexibility index (Phi) is 4.40. The molecule has 0 saturated carbocycles. The van der Waals surface area contributed by atoms with Gasteiger partial charge in [0.15, 0.2) is 5.82 Å². The minimum Gasteiger partial charge on any atom is -0.371 e. The first kappa shape index (κ1) is 15.4. The maximum atomic E-state index is 11.5. The van der Waals surface area contributed by atoms with E-state index in [9.17, 15) is 8.42 Å². The summed E-state index contributed by atoms with van der Waals surface area (Å²) in [5, 5.41) is 7.38. The lowest BCUT2D eigenvalue weighted by atomic mass is 10.0. The molecule has 0 N–H and O–H groups in total. The SMILES string of the molecule is CCC(C)(OC)c1nnc(S(=O)(=O)Cl)n1C(C)C. The van der Waals surface area contributed by atoms with E-state index < -0.39 is 14.7 Å². The van der Waals surface area contributed by atoms with Gasteiger partial charge < -0.3 is 4.74 Å². The van der Waals surface area contributed by atoms with E-state index in [1.54, 1.807) is 7.11 Å². The molecule has 0 aromatic carbocycles. The maximum absolute atomic E-state index is 11.5. The van der Waals surface area contributed by atoms with E-state index in [0.717, 1.165) is 0 Å². The van der Waals surface area contributed by atoms with Crippen molar-refractivity contribution in [2.24, 2.45) is 0 Å². The molecule has 1 rings (SSSR count). The van der Waals surface area contributed by atoms with Crippen LogP contribution in [-0.2, 0) is 19.4 Å². The van der Waals surface area contributed by atoms with Gasteiger partial charge in [-0.05, 0) is 27.2 Å². The van der Waals surface area contributed by atoms with Gasteiger partial charge in [-0.2, -0.15) is 0 Å². The molecule has 18 heavy (non-hydrogen) atoms. The van der Waals surface area contributed by atoms with Crippen LogP contribution in [0.5, 0.6) is 0 Å². The van der Waals surface area contributed by atoms with E-state index in [2.05, 4.69) is 10.2 Å². The minimum atomic E-state index is -3.93. The summed E-state index contributed by atoms with van der Waals surface area (Å²) in [5.41, 5.74) is -0.697. The quantitative estimate of drug-likeness (QED) is 0.777. The van der Waals surface area contributed by atoms with Crippen LogP contribution in [0.3, 0.4) is 0 Å². The highest BCUT2D eigenvalue weighted by atomic mass is 35.7. The zero-order chi connectivity index (χ0) is 14.1. The Morgan fingerprint density at radius 1 is 1.44 bits per heavy atom. The number of methoxy groups -OCH3 is 1. The van der Waals surface area contributed by atoms with E-state index in [1.165, 1.54) is 4.57 Å². The molecule has 0 fully saturated rings. The summed E-state index contributed by atoms with van der Waals surface area (Å²) in [5.74, 6) is 0.460. The van der Waals surface area contributed by atoms with Crippen LogP contribution in [0.4, 0.5) is 0 Å². The number of ether oxygens (including phenoxy) is 1. The van der Waals surface area contributed by atoms with Crippen molar-refractivity contribution in [2.45, 2.75) is 50.9 Å². The molecule has 104 valence electrons. The zero-order valence-electron chi connectivity index (χ0n) is 11.1. The highest BCUT2D eigenvalue weighted by Crippen LogP contribution is 2.31. The number of halogens is 1. The Hall–Kier alpha value is -0.660. The van der Waals surface area contributed by atoms with Crippen LogP contribution in [0, 0.1) is 0 Å². The summed E-state index contributed by atoms with van der Waals surface area (Å²) in [4.78, 5) is 0. The van der Waals surface area contributed by atoms with E-state index in [1.807, 2.05) is 27.7 Å². The molecule has 0 aliphatic carbocycles. The molecule has 0 spiro atoms. The first-order valence-electron chi connectivity index (χ1n) is 5.62. The van der Waals surface area contributed by atoms with Crippen molar-refractivity contribution in [2.75, 3.05) is 7.11 Å². The van der Waals surface area contributed by atoms with Crippen molar-refractivity contribution in [1.82, 2.24) is 14.8 Å². The fraction of sp³-hybridized carbons (Fsp3) is 0.800. The van der Waals surface area contributed by atoms with Crippen LogP contribution >= 0.6 is 10.7 Å². The van der Waals surface area contributed by atoms with Crippen LogP contribution in [0.25, 0.3) is 0 Å². The van der Waals surface area contributed by atoms with Crippen molar-refractivity contribution in [3.8, 4) is 0 Å². The van der Waals surface area contributed by atoms with E-state index >= 15 is 0 Å². The summed E-state index contributed by atoms with van der Waals surface area (Å²) in [6.45, 7) is 7.44. The third-order valence-electron chi connectivity index (χ3n) is 3.00. The monoisotopic (exact) mass is 295 g/mol. The topological polar surface area (TPSA) is 74.1 Å². The lowest BCUT2D eigenvalue weighted by molar-refractivity contribution is -0.0132. The lowest BCUT2D eigenvalue weighted by Gasteiger charge is -2.27. The third-order valence-corrected chi connectivity index (χ3v) is 4.13. The molecule has 1 heterocycles. The highest BCUT2D eigenvalue weighted by molar-refractivity contribution is 8.13. The summed E-state index contributed by atoms with van der Waals surface area (Å²) in [7, 11) is 2.99. The summed E-state index contributed by atoms with van der Waals surface area (Å²) >= 11 is 0. The van der Waals surface area contributed by atoms with Crippen molar-refractivity contribution < 1.29 is 13.2 Å². The van der Waals surface area contributed by atoms with Crippen molar-refractivity contribution in [1.29, 1.82) is 0 Å². The number of hydrogen-bond donors (Lipinski definition) is 0. The normalized spacial score (nSPS) is 15.9. The lowest BCUT2D eigenvalue weighted by Crippen LogP contribution is -2.29. The van der Waals surface area contributed by atoms with Gasteiger partial charge in [0.05, 0.1) is 0 Å². The first-order chi connectivity index (χ1) is 8.17. The van der Waals surface area contributed by atoms with Gasteiger partial charge in [0.2, 0.25) is 0 Å². The van der Waals surface area contributed by atoms with Gasteiger partial charge in [-0.15, -0.1) is 10.2 Å². The van der Waals surface area contributed by atoms with Crippen molar-refractivity contribution in [3.05, 3.63) is 5.82 Å². The molecular weight excluding hydrogens is 278 g/mol. The van der Waals surface area contributed by atoms with E-state index in [4.69, 9.17) is 15.4 Å². The Bertz CT molecular complexity index is 520. The molecule has 0 aliphatic heterocycles. The van der Waals surface area contributed by atoms with Gasteiger partial charge in [0.25, 0.3) is 14.2 Å². The van der Waals surface area contributed by atoms with Gasteiger partial charge >= 0.3 is 0 Å². The molecule has 6 nitrogen and oxygen atoms in total. The van der Waals surface area contributed by atoms with Crippen LogP contribution < -0.4 is 0 Å². The molecule has 8 heteroatoms. The minimum absolute atomic E-state index is 0.139. The van der Waals surface area contributed by atoms with Gasteiger partial charge in [0.1, 0.15) is 5.60 Å². The first-order valence-corrected chi connectivity index (χ1v) is 7.93. The van der Waals surface area contributed by atoms with Gasteiger partial charge in [-0.3, -0.25) is 4.57 Å². The number of rotatable bonds is 5. The predicted octanol–water partition coefficient (Wildman–Crippen LogP) is 2.06. The zero-order valence-corrected chi connectivity index (χ0v) is 12.7. The van der Waals surface area contributed by atoms with E-state index in [0.29, 0.717) is 12.2 Å². The predicted molar refractivity (Wildman–Crippen MR) is 68.1 cm³/mol. The van der Waals surface area contributed by atoms with Crippen molar-refractivity contribution in [3.63, 3.8) is 0 Å². The van der Waals surface area contributed by atoms with Crippen molar-refractivity contribution >= 4 is 19.7 Å². The molecule has 0 bridgehead atoms. The largest absolute Gasteiger partial charge is 0.371 e. The van der Waals surface area contributed by atoms with E-state index in [-0.39, 0.29) is 11.2 Å². The summed E-state index contributed by atoms with van der Waals surface area (Å²) < 4.78 is 29.9. The van der Waals surface area contributed by atoms with Crippen LogP contribution in [0.1, 0.15) is 46.0 Å². The molecule has 1 unspecified atom stereocenters.